The average Bonchev–Trinajstić information content (AvgIpc) is 2.35. The third kappa shape index (κ3) is 6.12. The lowest BCUT2D eigenvalue weighted by atomic mass is 10.2. The van der Waals surface area contributed by atoms with E-state index in [0.29, 0.717) is 6.61 Å². The minimum absolute atomic E-state index is 0.309. The lowest BCUT2D eigenvalue weighted by Gasteiger charge is -2.08. The van der Waals surface area contributed by atoms with Crippen LogP contribution in [-0.4, -0.2) is 29.8 Å². The van der Waals surface area contributed by atoms with Gasteiger partial charge in [0.2, 0.25) is 0 Å². The van der Waals surface area contributed by atoms with Crippen molar-refractivity contribution in [1.82, 2.24) is 4.98 Å². The number of nitrogens with zero attached hydrogens (tertiary/aromatic N) is 1. The third-order valence-corrected chi connectivity index (χ3v) is 2.53. The van der Waals surface area contributed by atoms with Crippen LogP contribution >= 0.6 is 0 Å². The summed E-state index contributed by atoms with van der Waals surface area (Å²) >= 11 is 0. The zero-order chi connectivity index (χ0) is 12.3. The fourth-order valence-corrected chi connectivity index (χ4v) is 1.64. The number of aromatic nitrogens is 1. The summed E-state index contributed by atoms with van der Waals surface area (Å²) in [6.07, 6.45) is 6.14. The molecule has 0 bridgehead atoms. The van der Waals surface area contributed by atoms with Gasteiger partial charge in [0.15, 0.2) is 0 Å². The second-order valence-electron chi connectivity index (χ2n) is 4.02. The molecule has 0 amide bonds. The number of aliphatic hydroxyl groups is 1. The molecule has 1 rings (SSSR count). The van der Waals surface area contributed by atoms with Gasteiger partial charge in [-0.25, -0.2) is 4.98 Å². The first-order valence-electron chi connectivity index (χ1n) is 6.41. The molecule has 17 heavy (non-hydrogen) atoms. The molecule has 0 saturated carbocycles. The van der Waals surface area contributed by atoms with E-state index < -0.39 is 0 Å². The van der Waals surface area contributed by atoms with Crippen molar-refractivity contribution in [2.75, 3.05) is 30.3 Å². The van der Waals surface area contributed by atoms with Crippen molar-refractivity contribution in [3.05, 3.63) is 18.3 Å². The fourth-order valence-electron chi connectivity index (χ4n) is 1.64. The van der Waals surface area contributed by atoms with Crippen molar-refractivity contribution in [2.24, 2.45) is 0 Å². The van der Waals surface area contributed by atoms with Crippen molar-refractivity contribution >= 4 is 11.5 Å². The topological polar surface area (TPSA) is 57.2 Å². The molecular formula is C13H23N3O. The van der Waals surface area contributed by atoms with Crippen LogP contribution < -0.4 is 10.6 Å². The van der Waals surface area contributed by atoms with E-state index in [4.69, 9.17) is 5.11 Å². The summed E-state index contributed by atoms with van der Waals surface area (Å²) in [5.74, 6) is 0.915. The number of pyridine rings is 1. The van der Waals surface area contributed by atoms with E-state index in [0.717, 1.165) is 43.9 Å². The van der Waals surface area contributed by atoms with Gasteiger partial charge in [-0.2, -0.15) is 0 Å². The Hall–Kier alpha value is -1.29. The van der Waals surface area contributed by atoms with Crippen LogP contribution in [0.5, 0.6) is 0 Å². The highest BCUT2D eigenvalue weighted by molar-refractivity contribution is 5.51. The minimum Gasteiger partial charge on any atom is -0.396 e. The van der Waals surface area contributed by atoms with E-state index in [2.05, 4.69) is 22.5 Å². The summed E-state index contributed by atoms with van der Waals surface area (Å²) < 4.78 is 0. The lowest BCUT2D eigenvalue weighted by molar-refractivity contribution is 0.283. The Bertz CT molecular complexity index is 304. The molecule has 1 heterocycles. The van der Waals surface area contributed by atoms with Crippen molar-refractivity contribution in [2.45, 2.75) is 32.6 Å². The molecule has 3 N–H and O–H groups in total. The number of unbranched alkanes of at least 4 members (excludes halogenated alkanes) is 3. The van der Waals surface area contributed by atoms with Gasteiger partial charge in [-0.1, -0.05) is 12.8 Å². The second-order valence-corrected chi connectivity index (χ2v) is 4.02. The summed E-state index contributed by atoms with van der Waals surface area (Å²) in [5, 5.41) is 15.2. The van der Waals surface area contributed by atoms with Crippen LogP contribution in [0.1, 0.15) is 32.6 Å². The van der Waals surface area contributed by atoms with Gasteiger partial charge in [-0.15, -0.1) is 0 Å². The van der Waals surface area contributed by atoms with Gasteiger partial charge in [-0.3, -0.25) is 0 Å². The summed E-state index contributed by atoms with van der Waals surface area (Å²) in [6, 6.07) is 4.01. The smallest absolute Gasteiger partial charge is 0.127 e. The monoisotopic (exact) mass is 237 g/mol. The molecule has 4 nitrogen and oxygen atoms in total. The third-order valence-electron chi connectivity index (χ3n) is 2.53. The van der Waals surface area contributed by atoms with Crippen LogP contribution in [0, 0.1) is 0 Å². The van der Waals surface area contributed by atoms with Gasteiger partial charge in [-0.05, 0) is 25.8 Å². The quantitative estimate of drug-likeness (QED) is 0.578. The molecule has 1 aromatic rings. The van der Waals surface area contributed by atoms with Crippen molar-refractivity contribution < 1.29 is 5.11 Å². The van der Waals surface area contributed by atoms with E-state index in [1.54, 1.807) is 0 Å². The normalized spacial score (nSPS) is 10.2. The standard InChI is InChI=1S/C13H23N3O/c1-2-14-13-11-12(7-9-16-13)15-8-5-3-4-6-10-17/h7,9,11,17H,2-6,8,10H2,1H3,(H2,14,15,16). The number of nitrogens with one attached hydrogen (secondary N) is 2. The Balaban J connectivity index is 2.19. The van der Waals surface area contributed by atoms with Gasteiger partial charge in [0.1, 0.15) is 5.82 Å². The fraction of sp³-hybridized carbons (Fsp3) is 0.615. The Labute approximate surface area is 103 Å². The maximum absolute atomic E-state index is 8.65. The molecule has 0 aliphatic rings. The summed E-state index contributed by atoms with van der Waals surface area (Å²) in [5.41, 5.74) is 1.11. The molecular weight excluding hydrogens is 214 g/mol. The van der Waals surface area contributed by atoms with Gasteiger partial charge in [0, 0.05) is 37.6 Å². The lowest BCUT2D eigenvalue weighted by Crippen LogP contribution is -2.04. The molecule has 0 fully saturated rings. The van der Waals surface area contributed by atoms with E-state index in [1.807, 2.05) is 18.3 Å². The van der Waals surface area contributed by atoms with Gasteiger partial charge >= 0.3 is 0 Å². The molecule has 0 unspecified atom stereocenters. The molecule has 0 saturated heterocycles. The maximum Gasteiger partial charge on any atom is 0.127 e. The molecule has 96 valence electrons. The van der Waals surface area contributed by atoms with Crippen LogP contribution in [-0.2, 0) is 0 Å². The largest absolute Gasteiger partial charge is 0.396 e. The number of hydrogen-bond donors (Lipinski definition) is 3. The molecule has 0 aliphatic heterocycles. The first-order valence-corrected chi connectivity index (χ1v) is 6.41. The zero-order valence-corrected chi connectivity index (χ0v) is 10.6. The number of anilines is 2. The van der Waals surface area contributed by atoms with E-state index >= 15 is 0 Å². The molecule has 0 aromatic carbocycles. The van der Waals surface area contributed by atoms with Crippen molar-refractivity contribution in [3.63, 3.8) is 0 Å². The molecule has 0 radical (unpaired) electrons. The van der Waals surface area contributed by atoms with Gasteiger partial charge < -0.3 is 15.7 Å². The molecule has 0 spiro atoms. The molecule has 0 atom stereocenters. The van der Waals surface area contributed by atoms with E-state index in [1.165, 1.54) is 6.42 Å². The highest BCUT2D eigenvalue weighted by Gasteiger charge is 1.95. The molecule has 0 aliphatic carbocycles. The average molecular weight is 237 g/mol. The van der Waals surface area contributed by atoms with Gasteiger partial charge in [0.05, 0.1) is 0 Å². The van der Waals surface area contributed by atoms with Crippen LogP contribution in [0.2, 0.25) is 0 Å². The number of rotatable bonds is 9. The number of aliphatic hydroxyl groups excluding tert-OH is 1. The second kappa shape index (κ2) is 8.82. The van der Waals surface area contributed by atoms with Gasteiger partial charge in [0.25, 0.3) is 0 Å². The molecule has 1 aromatic heterocycles. The van der Waals surface area contributed by atoms with E-state index in [9.17, 15) is 0 Å². The Kier molecular flexibility index (Phi) is 7.14. The maximum atomic E-state index is 8.65. The predicted octanol–water partition coefficient (Wildman–Crippen LogP) is 2.48. The highest BCUT2D eigenvalue weighted by atomic mass is 16.2. The first kappa shape index (κ1) is 13.8. The first-order chi connectivity index (χ1) is 8.36. The summed E-state index contributed by atoms with van der Waals surface area (Å²) in [7, 11) is 0. The number of hydrogen-bond acceptors (Lipinski definition) is 4. The SMILES string of the molecule is CCNc1cc(NCCCCCCO)ccn1. The minimum atomic E-state index is 0.309. The summed E-state index contributed by atoms with van der Waals surface area (Å²) in [4.78, 5) is 4.22. The Morgan fingerprint density at radius 2 is 2.00 bits per heavy atom. The van der Waals surface area contributed by atoms with E-state index in [-0.39, 0.29) is 0 Å². The predicted molar refractivity (Wildman–Crippen MR) is 72.4 cm³/mol. The Morgan fingerprint density at radius 1 is 1.18 bits per heavy atom. The van der Waals surface area contributed by atoms with Crippen LogP contribution in [0.25, 0.3) is 0 Å². The van der Waals surface area contributed by atoms with Crippen LogP contribution in [0.4, 0.5) is 11.5 Å². The van der Waals surface area contributed by atoms with Crippen LogP contribution in [0.3, 0.4) is 0 Å². The highest BCUT2D eigenvalue weighted by Crippen LogP contribution is 2.11. The van der Waals surface area contributed by atoms with Crippen LogP contribution in [0.15, 0.2) is 18.3 Å². The molecule has 4 heteroatoms. The van der Waals surface area contributed by atoms with Crippen molar-refractivity contribution in [3.8, 4) is 0 Å². The summed E-state index contributed by atoms with van der Waals surface area (Å²) in [6.45, 7) is 4.23. The zero-order valence-electron chi connectivity index (χ0n) is 10.6. The Morgan fingerprint density at radius 3 is 2.76 bits per heavy atom. The van der Waals surface area contributed by atoms with Crippen molar-refractivity contribution in [1.29, 1.82) is 0 Å².